The van der Waals surface area contributed by atoms with Crippen molar-refractivity contribution in [1.82, 2.24) is 15.1 Å². The van der Waals surface area contributed by atoms with E-state index in [0.717, 1.165) is 28.8 Å². The molecule has 3 aromatic rings. The Labute approximate surface area is 183 Å². The number of carbonyl (C=O) groups is 1. The van der Waals surface area contributed by atoms with Crippen molar-refractivity contribution in [2.45, 2.75) is 44.8 Å². The first-order valence-electron chi connectivity index (χ1n) is 11.4. The summed E-state index contributed by atoms with van der Waals surface area (Å²) in [5, 5.41) is 17.2. The molecule has 0 spiro atoms. The molecule has 1 aromatic heterocycles. The Morgan fingerprint density at radius 2 is 2.10 bits per heavy atom. The van der Waals surface area contributed by atoms with Crippen LogP contribution in [0, 0.1) is 6.92 Å². The molecule has 0 radical (unpaired) electrons. The molecule has 1 aliphatic carbocycles. The van der Waals surface area contributed by atoms with Crippen molar-refractivity contribution >= 4 is 5.91 Å². The summed E-state index contributed by atoms with van der Waals surface area (Å²) >= 11 is 0. The summed E-state index contributed by atoms with van der Waals surface area (Å²) in [4.78, 5) is 13.1. The Kier molecular flexibility index (Phi) is 4.52. The Bertz CT molecular complexity index is 1180. The van der Waals surface area contributed by atoms with E-state index in [0.29, 0.717) is 19.3 Å². The Balaban J connectivity index is 1.46. The first kappa shape index (κ1) is 17.4. The lowest BCUT2D eigenvalue weighted by Gasteiger charge is -2.18. The van der Waals surface area contributed by atoms with Crippen LogP contribution in [0.25, 0.3) is 5.69 Å². The molecule has 160 valence electrons. The summed E-state index contributed by atoms with van der Waals surface area (Å²) in [5.41, 5.74) is 3.72. The van der Waals surface area contributed by atoms with Crippen molar-refractivity contribution < 1.29 is 22.1 Å². The number of benzene rings is 2. The van der Waals surface area contributed by atoms with Gasteiger partial charge in [0.15, 0.2) is 11.5 Å². The number of nitrogens with one attached hydrogen (secondary N) is 1. The zero-order chi connectivity index (χ0) is 23.2. The third kappa shape index (κ3) is 3.77. The smallest absolute Gasteiger partial charge is 0.255 e. The van der Waals surface area contributed by atoms with Crippen LogP contribution in [-0.4, -0.2) is 39.7 Å². The second-order valence-corrected chi connectivity index (χ2v) is 8.03. The Morgan fingerprint density at radius 1 is 1.29 bits per heavy atom. The molecule has 1 fully saturated rings. The van der Waals surface area contributed by atoms with Gasteiger partial charge in [0.2, 0.25) is 6.75 Å². The molecule has 2 heterocycles. The number of carbonyl (C=O) groups excluding carboxylic acids is 1. The fraction of sp³-hybridized carbons (Fsp3) is 0.333. The van der Waals surface area contributed by atoms with Crippen LogP contribution in [0.4, 0.5) is 0 Å². The van der Waals surface area contributed by atoms with Gasteiger partial charge in [-0.1, -0.05) is 12.1 Å². The van der Waals surface area contributed by atoms with Crippen molar-refractivity contribution in [3.8, 4) is 17.2 Å². The van der Waals surface area contributed by atoms with E-state index in [1.807, 2.05) is 43.5 Å². The normalized spacial score (nSPS) is 22.1. The van der Waals surface area contributed by atoms with Crippen molar-refractivity contribution in [3.63, 3.8) is 0 Å². The molecule has 5 rings (SSSR count). The van der Waals surface area contributed by atoms with Gasteiger partial charge in [-0.3, -0.25) is 4.79 Å². The second kappa shape index (κ2) is 8.07. The minimum absolute atomic E-state index is 0.0975. The van der Waals surface area contributed by atoms with Gasteiger partial charge in [-0.05, 0) is 73.6 Å². The molecule has 1 saturated carbocycles. The number of amides is 1. The zero-order valence-corrected chi connectivity index (χ0v) is 17.2. The molecule has 0 bridgehead atoms. The minimum atomic E-state index is -2.35. The third-order valence-corrected chi connectivity index (χ3v) is 6.02. The quantitative estimate of drug-likeness (QED) is 0.661. The Morgan fingerprint density at radius 3 is 2.81 bits per heavy atom. The summed E-state index contributed by atoms with van der Waals surface area (Å²) in [6.07, 6.45) is 5.74. The highest BCUT2D eigenvalue weighted by Crippen LogP contribution is 2.41. The van der Waals surface area contributed by atoms with Crippen molar-refractivity contribution in [1.29, 1.82) is 0 Å². The SMILES string of the molecule is [2H]C1([2H])Oc2c(C(=O)N[C@H]3CCC[C@@H]3O)cc(Cc3ccc(-n4cccn4)cc3)c(C)c2O1. The van der Waals surface area contributed by atoms with Crippen LogP contribution in [-0.2, 0) is 6.42 Å². The number of aromatic nitrogens is 2. The number of ether oxygens (including phenoxy) is 2. The molecule has 1 aliphatic heterocycles. The van der Waals surface area contributed by atoms with Crippen LogP contribution < -0.4 is 14.8 Å². The van der Waals surface area contributed by atoms with Gasteiger partial charge < -0.3 is 19.9 Å². The van der Waals surface area contributed by atoms with Crippen molar-refractivity contribution in [2.75, 3.05) is 6.75 Å². The number of fused-ring (bicyclic) bond motifs is 1. The van der Waals surface area contributed by atoms with E-state index in [1.165, 1.54) is 0 Å². The van der Waals surface area contributed by atoms with Gasteiger partial charge in [-0.2, -0.15) is 5.10 Å². The summed E-state index contributed by atoms with van der Waals surface area (Å²) in [6, 6.07) is 11.2. The highest BCUT2D eigenvalue weighted by Gasteiger charge is 2.31. The predicted octanol–water partition coefficient (Wildman–Crippen LogP) is 3.14. The van der Waals surface area contributed by atoms with E-state index in [4.69, 9.17) is 12.2 Å². The summed E-state index contributed by atoms with van der Waals surface area (Å²) in [6.45, 7) is -0.515. The number of rotatable bonds is 5. The maximum atomic E-state index is 13.1. The lowest BCUT2D eigenvalue weighted by Crippen LogP contribution is -2.40. The molecule has 7 nitrogen and oxygen atoms in total. The van der Waals surface area contributed by atoms with Crippen molar-refractivity contribution in [3.05, 3.63) is 71.0 Å². The topological polar surface area (TPSA) is 85.6 Å². The van der Waals surface area contributed by atoms with Gasteiger partial charge in [0, 0.05) is 12.4 Å². The molecule has 2 N–H and O–H groups in total. The Hall–Kier alpha value is -3.32. The maximum Gasteiger partial charge on any atom is 0.255 e. The van der Waals surface area contributed by atoms with Crippen LogP contribution in [0.5, 0.6) is 11.5 Å². The molecule has 1 amide bonds. The van der Waals surface area contributed by atoms with Crippen LogP contribution in [0.2, 0.25) is 0 Å². The third-order valence-electron chi connectivity index (χ3n) is 6.02. The maximum absolute atomic E-state index is 13.1. The monoisotopic (exact) mass is 421 g/mol. The highest BCUT2D eigenvalue weighted by molar-refractivity contribution is 5.98. The molecule has 2 aromatic carbocycles. The summed E-state index contributed by atoms with van der Waals surface area (Å²) < 4.78 is 28.3. The fourth-order valence-corrected chi connectivity index (χ4v) is 4.23. The number of nitrogens with zero attached hydrogens (tertiary/aromatic N) is 2. The van der Waals surface area contributed by atoms with E-state index in [9.17, 15) is 9.90 Å². The minimum Gasteiger partial charge on any atom is -0.453 e. The summed E-state index contributed by atoms with van der Waals surface area (Å²) in [7, 11) is 0. The average molecular weight is 421 g/mol. The fourth-order valence-electron chi connectivity index (χ4n) is 4.23. The molecular formula is C24H25N3O4. The number of hydrogen-bond acceptors (Lipinski definition) is 5. The standard InChI is InChI=1S/C24H25N3O4/c1-15-17(12-16-6-8-18(9-7-16)27-11-3-10-25-27)13-19(23-22(15)30-14-31-23)24(29)26-20-4-2-5-21(20)28/h3,6-11,13,20-21,28H,2,4-5,12,14H2,1H3,(H,26,29)/t20-,21-/m0/s1/i14D2. The van der Waals surface area contributed by atoms with Crippen LogP contribution >= 0.6 is 0 Å². The van der Waals surface area contributed by atoms with E-state index in [2.05, 4.69) is 10.4 Å². The molecule has 2 atom stereocenters. The van der Waals surface area contributed by atoms with Gasteiger partial charge in [-0.15, -0.1) is 0 Å². The molecule has 0 saturated heterocycles. The van der Waals surface area contributed by atoms with E-state index < -0.39 is 18.8 Å². The number of aliphatic hydroxyl groups is 1. The van der Waals surface area contributed by atoms with Gasteiger partial charge in [0.1, 0.15) is 2.74 Å². The van der Waals surface area contributed by atoms with E-state index >= 15 is 0 Å². The average Bonchev–Trinajstić information content (AvgIpc) is 3.51. The van der Waals surface area contributed by atoms with Gasteiger partial charge >= 0.3 is 0 Å². The van der Waals surface area contributed by atoms with E-state index in [1.54, 1.807) is 16.9 Å². The lowest BCUT2D eigenvalue weighted by molar-refractivity contribution is 0.0869. The van der Waals surface area contributed by atoms with Crippen LogP contribution in [0.3, 0.4) is 0 Å². The predicted molar refractivity (Wildman–Crippen MR) is 115 cm³/mol. The highest BCUT2D eigenvalue weighted by atomic mass is 16.7. The molecule has 2 aliphatic rings. The zero-order valence-electron chi connectivity index (χ0n) is 19.2. The summed E-state index contributed by atoms with van der Waals surface area (Å²) in [5.74, 6) is -0.0724. The van der Waals surface area contributed by atoms with Crippen LogP contribution in [0.1, 0.15) is 49.1 Å². The molecule has 31 heavy (non-hydrogen) atoms. The number of hydrogen-bond donors (Lipinski definition) is 2. The molecular weight excluding hydrogens is 394 g/mol. The lowest BCUT2D eigenvalue weighted by atomic mass is 9.96. The van der Waals surface area contributed by atoms with Crippen LogP contribution in [0.15, 0.2) is 48.8 Å². The van der Waals surface area contributed by atoms with Gasteiger partial charge in [0.25, 0.3) is 5.91 Å². The largest absolute Gasteiger partial charge is 0.453 e. The first-order chi connectivity index (χ1) is 15.8. The van der Waals surface area contributed by atoms with E-state index in [-0.39, 0.29) is 23.1 Å². The van der Waals surface area contributed by atoms with Gasteiger partial charge in [0.05, 0.1) is 23.4 Å². The molecule has 0 unspecified atom stereocenters. The number of aliphatic hydroxyl groups excluding tert-OH is 1. The second-order valence-electron chi connectivity index (χ2n) is 8.03. The van der Waals surface area contributed by atoms with Crippen molar-refractivity contribution in [2.24, 2.45) is 0 Å². The molecule has 7 heteroatoms. The first-order valence-corrected chi connectivity index (χ1v) is 10.4. The van der Waals surface area contributed by atoms with Gasteiger partial charge in [-0.25, -0.2) is 4.68 Å².